The van der Waals surface area contributed by atoms with Crippen LogP contribution < -0.4 is 0 Å². The third-order valence-corrected chi connectivity index (χ3v) is 4.27. The Bertz CT molecular complexity index is 272. The molecule has 8 heteroatoms. The number of carbonyl (C=O) groups excluding carboxylic acids is 2. The minimum Gasteiger partial charge on any atom is -0.490 e. The molecule has 0 heterocycles. The van der Waals surface area contributed by atoms with Crippen molar-refractivity contribution in [2.45, 2.75) is 34.6 Å². The third kappa shape index (κ3) is 15.3. The molecule has 0 aliphatic rings. The lowest BCUT2D eigenvalue weighted by atomic mass is 10.6. The maximum absolute atomic E-state index is 10.0. The molecule has 0 atom stereocenters. The van der Waals surface area contributed by atoms with Gasteiger partial charge in [0, 0.05) is 26.9 Å². The predicted molar refractivity (Wildman–Crippen MR) is 85.7 cm³/mol. The van der Waals surface area contributed by atoms with Gasteiger partial charge in [-0.2, -0.15) is 0 Å². The van der Waals surface area contributed by atoms with Crippen LogP contribution in [0.2, 0.25) is 0 Å². The van der Waals surface area contributed by atoms with Crippen LogP contribution in [0.3, 0.4) is 0 Å². The van der Waals surface area contributed by atoms with E-state index in [0.717, 1.165) is 23.2 Å². The van der Waals surface area contributed by atoms with Gasteiger partial charge < -0.3 is 13.8 Å². The highest BCUT2D eigenvalue weighted by molar-refractivity contribution is 8.22. The fourth-order valence-corrected chi connectivity index (χ4v) is 2.58. The highest BCUT2D eigenvalue weighted by Crippen LogP contribution is 2.07. The second-order valence-electron chi connectivity index (χ2n) is 3.26. The largest absolute Gasteiger partial charge is 0.490 e. The second kappa shape index (κ2) is 13.8. The molecule has 0 rings (SSSR count). The number of carbonyl (C=O) groups is 2. The first-order chi connectivity index (χ1) is 8.88. The second-order valence-corrected chi connectivity index (χ2v) is 5.97. The fraction of sp³-hybridized carbons (Fsp3) is 0.727. The van der Waals surface area contributed by atoms with Crippen LogP contribution in [0.5, 0.6) is 0 Å². The average molecular weight is 326 g/mol. The van der Waals surface area contributed by atoms with E-state index in [1.165, 1.54) is 13.8 Å². The van der Waals surface area contributed by atoms with Gasteiger partial charge in [-0.1, -0.05) is 30.9 Å². The van der Waals surface area contributed by atoms with Crippen LogP contribution >= 0.6 is 24.0 Å². The van der Waals surface area contributed by atoms with Gasteiger partial charge in [0.05, 0.1) is 0 Å². The van der Waals surface area contributed by atoms with Gasteiger partial charge in [0.15, 0.2) is 0 Å². The molecule has 0 bridgehead atoms. The van der Waals surface area contributed by atoms with Crippen LogP contribution in [-0.2, 0) is 18.4 Å². The Morgan fingerprint density at radius 3 is 1.79 bits per heavy atom. The summed E-state index contributed by atoms with van der Waals surface area (Å²) in [5.74, 6) is 0.279. The fourth-order valence-electron chi connectivity index (χ4n) is 0.892. The Morgan fingerprint density at radius 1 is 1.11 bits per heavy atom. The van der Waals surface area contributed by atoms with E-state index >= 15 is 0 Å². The molecule has 0 radical (unpaired) electrons. The normalized spacial score (nSPS) is 8.89. The van der Waals surface area contributed by atoms with E-state index in [2.05, 4.69) is 34.5 Å². The van der Waals surface area contributed by atoms with E-state index in [-0.39, 0.29) is 0 Å². The van der Waals surface area contributed by atoms with Gasteiger partial charge in [0.25, 0.3) is 11.9 Å². The van der Waals surface area contributed by atoms with E-state index < -0.39 is 21.9 Å². The van der Waals surface area contributed by atoms with Crippen LogP contribution in [0.25, 0.3) is 0 Å². The van der Waals surface area contributed by atoms with E-state index in [1.54, 1.807) is 11.8 Å². The smallest absolute Gasteiger partial charge is 0.431 e. The molecule has 19 heavy (non-hydrogen) atoms. The van der Waals surface area contributed by atoms with Gasteiger partial charge in [-0.15, -0.1) is 0 Å². The van der Waals surface area contributed by atoms with Crippen LogP contribution in [0.15, 0.2) is 0 Å². The molecule has 0 aliphatic heterocycles. The number of thioether (sulfide) groups is 1. The molecule has 112 valence electrons. The van der Waals surface area contributed by atoms with E-state index in [0.29, 0.717) is 0 Å². The molecule has 0 unspecified atom stereocenters. The number of thiocarbonyl (C=S) groups is 1. The topological polar surface area (TPSA) is 55.8 Å². The van der Waals surface area contributed by atoms with Gasteiger partial charge in [-0.05, 0) is 19.6 Å². The van der Waals surface area contributed by atoms with E-state index in [4.69, 9.17) is 12.2 Å². The summed E-state index contributed by atoms with van der Waals surface area (Å²) in [5.41, 5.74) is 0. The molecule has 0 aliphatic carbocycles. The minimum atomic E-state index is -1.38. The Hall–Kier alpha value is -0.603. The Labute approximate surface area is 127 Å². The first-order valence-electron chi connectivity index (χ1n) is 6.07. The summed E-state index contributed by atoms with van der Waals surface area (Å²) in [6, 6.07) is 0. The molecular weight excluding hydrogens is 302 g/mol. The van der Waals surface area contributed by atoms with Crippen molar-refractivity contribution >= 4 is 50.2 Å². The summed E-state index contributed by atoms with van der Waals surface area (Å²) < 4.78 is 9.85. The first kappa shape index (κ1) is 20.7. The third-order valence-electron chi connectivity index (χ3n) is 1.81. The standard InChI is InChI=1S/C7H15NS2.C4H8O4Si/c1-4-8(5-2)7(9)10-6-3;1-3(5)7-9-8-4(2)6/h4-6H2,1-3H3;9H2,1-2H3. The van der Waals surface area contributed by atoms with Gasteiger partial charge >= 0.3 is 10.0 Å². The van der Waals surface area contributed by atoms with Gasteiger partial charge in [-0.3, -0.25) is 9.59 Å². The van der Waals surface area contributed by atoms with Crippen molar-refractivity contribution in [3.63, 3.8) is 0 Å². The van der Waals surface area contributed by atoms with Crippen molar-refractivity contribution in [2.75, 3.05) is 18.8 Å². The SMILES string of the molecule is CC(=O)O[SiH2]OC(C)=O.CCSC(=S)N(CC)CC. The zero-order valence-corrected chi connectivity index (χ0v) is 15.3. The molecule has 0 amide bonds. The van der Waals surface area contributed by atoms with Crippen LogP contribution in [-0.4, -0.2) is 50.0 Å². The molecular formula is C11H23NO4S2Si. The Balaban J connectivity index is 0. The predicted octanol–water partition coefficient (Wildman–Crippen LogP) is 1.48. The van der Waals surface area contributed by atoms with Crippen molar-refractivity contribution < 1.29 is 18.4 Å². The lowest BCUT2D eigenvalue weighted by Gasteiger charge is -2.20. The molecule has 0 spiro atoms. The summed E-state index contributed by atoms with van der Waals surface area (Å²) >= 11 is 6.91. The van der Waals surface area contributed by atoms with Crippen LogP contribution in [0, 0.1) is 0 Å². The number of hydrogen-bond acceptors (Lipinski definition) is 6. The van der Waals surface area contributed by atoms with Crippen LogP contribution in [0.1, 0.15) is 34.6 Å². The summed E-state index contributed by atoms with van der Waals surface area (Å²) in [5, 5.41) is 0. The van der Waals surface area contributed by atoms with Crippen LogP contribution in [0.4, 0.5) is 0 Å². The highest BCUT2D eigenvalue weighted by Gasteiger charge is 2.02. The minimum absolute atomic E-state index is 0.400. The van der Waals surface area contributed by atoms with Crippen molar-refractivity contribution in [3.8, 4) is 0 Å². The zero-order chi connectivity index (χ0) is 15.3. The molecule has 0 aromatic heterocycles. The molecule has 0 saturated heterocycles. The van der Waals surface area contributed by atoms with E-state index in [9.17, 15) is 9.59 Å². The average Bonchev–Trinajstić information content (AvgIpc) is 2.30. The molecule has 0 aromatic rings. The van der Waals surface area contributed by atoms with Gasteiger partial charge in [0.1, 0.15) is 4.32 Å². The quantitative estimate of drug-likeness (QED) is 0.560. The van der Waals surface area contributed by atoms with E-state index in [1.807, 2.05) is 0 Å². The van der Waals surface area contributed by atoms with Crippen molar-refractivity contribution in [3.05, 3.63) is 0 Å². The van der Waals surface area contributed by atoms with Gasteiger partial charge in [0.2, 0.25) is 0 Å². The van der Waals surface area contributed by atoms with Crippen molar-refractivity contribution in [2.24, 2.45) is 0 Å². The number of rotatable bonds is 5. The molecule has 0 N–H and O–H groups in total. The summed E-state index contributed by atoms with van der Waals surface area (Å²) in [4.78, 5) is 22.3. The maximum Gasteiger partial charge on any atom is 0.431 e. The summed E-state index contributed by atoms with van der Waals surface area (Å²) in [7, 11) is -1.38. The number of hydrogen-bond donors (Lipinski definition) is 0. The first-order valence-corrected chi connectivity index (χ1v) is 8.62. The lowest BCUT2D eigenvalue weighted by Crippen LogP contribution is -2.26. The molecule has 0 saturated carbocycles. The monoisotopic (exact) mass is 325 g/mol. The molecule has 0 fully saturated rings. The Kier molecular flexibility index (Phi) is 15.1. The summed E-state index contributed by atoms with van der Waals surface area (Å²) in [6.45, 7) is 11.0. The zero-order valence-electron chi connectivity index (χ0n) is 12.2. The lowest BCUT2D eigenvalue weighted by molar-refractivity contribution is -0.136. The van der Waals surface area contributed by atoms with Crippen molar-refractivity contribution in [1.82, 2.24) is 4.90 Å². The summed E-state index contributed by atoms with van der Waals surface area (Å²) in [6.07, 6.45) is 0. The Morgan fingerprint density at radius 2 is 1.53 bits per heavy atom. The highest BCUT2D eigenvalue weighted by atomic mass is 32.2. The molecule has 0 aromatic carbocycles. The van der Waals surface area contributed by atoms with Crippen molar-refractivity contribution in [1.29, 1.82) is 0 Å². The molecule has 5 nitrogen and oxygen atoms in total. The van der Waals surface area contributed by atoms with Gasteiger partial charge in [-0.25, -0.2) is 0 Å². The number of nitrogens with zero attached hydrogens (tertiary/aromatic N) is 1. The maximum atomic E-state index is 10.0.